The summed E-state index contributed by atoms with van der Waals surface area (Å²) < 4.78 is 18.7. The first-order valence-corrected chi connectivity index (χ1v) is 7.81. The number of nitro groups is 1. The molecule has 9 heteroatoms. The zero-order chi connectivity index (χ0) is 19.6. The predicted molar refractivity (Wildman–Crippen MR) is 93.1 cm³/mol. The van der Waals surface area contributed by atoms with E-state index in [0.717, 1.165) is 4.90 Å². The largest absolute Gasteiger partial charge is 0.490 e. The predicted octanol–water partition coefficient (Wildman–Crippen LogP) is 2.84. The van der Waals surface area contributed by atoms with E-state index in [4.69, 9.17) is 4.74 Å². The number of rotatable bonds is 5. The summed E-state index contributed by atoms with van der Waals surface area (Å²) in [5.41, 5.74) is 0.198. The molecule has 1 aliphatic rings. The van der Waals surface area contributed by atoms with E-state index in [9.17, 15) is 24.1 Å². The average Bonchev–Trinajstić information content (AvgIpc) is 2.90. The zero-order valence-electron chi connectivity index (χ0n) is 14.1. The summed E-state index contributed by atoms with van der Waals surface area (Å²) in [6.45, 7) is -0.225. The highest BCUT2D eigenvalue weighted by atomic mass is 19.1. The highest BCUT2D eigenvalue weighted by Crippen LogP contribution is 2.29. The third-order valence-electron chi connectivity index (χ3n) is 3.96. The Bertz CT molecular complexity index is 973. The van der Waals surface area contributed by atoms with Crippen LogP contribution in [0.1, 0.15) is 11.1 Å². The molecule has 27 heavy (non-hydrogen) atoms. The molecule has 3 amide bonds. The summed E-state index contributed by atoms with van der Waals surface area (Å²) >= 11 is 0. The van der Waals surface area contributed by atoms with Gasteiger partial charge in [-0.3, -0.25) is 19.8 Å². The van der Waals surface area contributed by atoms with E-state index in [-0.39, 0.29) is 29.2 Å². The molecule has 0 bridgehead atoms. The maximum atomic E-state index is 13.8. The molecule has 1 heterocycles. The summed E-state index contributed by atoms with van der Waals surface area (Å²) in [5.74, 6) is -1.10. The Kier molecular flexibility index (Phi) is 4.84. The first kappa shape index (κ1) is 18.1. The Balaban J connectivity index is 1.87. The van der Waals surface area contributed by atoms with Gasteiger partial charge in [-0.1, -0.05) is 24.3 Å². The fraction of sp³-hybridized carbons (Fsp3) is 0.111. The Morgan fingerprint density at radius 2 is 2.00 bits per heavy atom. The van der Waals surface area contributed by atoms with Crippen molar-refractivity contribution in [1.29, 1.82) is 0 Å². The van der Waals surface area contributed by atoms with E-state index in [1.165, 1.54) is 49.6 Å². The topological polar surface area (TPSA) is 102 Å². The van der Waals surface area contributed by atoms with Gasteiger partial charge in [-0.05, 0) is 23.8 Å². The van der Waals surface area contributed by atoms with Crippen molar-refractivity contribution in [2.75, 3.05) is 7.11 Å². The van der Waals surface area contributed by atoms with E-state index < -0.39 is 22.7 Å². The van der Waals surface area contributed by atoms with E-state index in [0.29, 0.717) is 5.56 Å². The number of ether oxygens (including phenoxy) is 1. The van der Waals surface area contributed by atoms with Gasteiger partial charge in [0.15, 0.2) is 5.75 Å². The number of halogens is 1. The summed E-state index contributed by atoms with van der Waals surface area (Å²) in [5, 5.41) is 13.5. The van der Waals surface area contributed by atoms with Crippen LogP contribution in [0.3, 0.4) is 0 Å². The monoisotopic (exact) mass is 371 g/mol. The average molecular weight is 371 g/mol. The van der Waals surface area contributed by atoms with Crippen LogP contribution in [0.4, 0.5) is 14.9 Å². The fourth-order valence-corrected chi connectivity index (χ4v) is 2.62. The number of nitro benzene ring substituents is 1. The van der Waals surface area contributed by atoms with Crippen LogP contribution in [0.15, 0.2) is 48.2 Å². The quantitative estimate of drug-likeness (QED) is 0.377. The van der Waals surface area contributed by atoms with Crippen LogP contribution in [0.2, 0.25) is 0 Å². The van der Waals surface area contributed by atoms with Gasteiger partial charge in [-0.15, -0.1) is 0 Å². The highest BCUT2D eigenvalue weighted by molar-refractivity contribution is 6.13. The summed E-state index contributed by atoms with van der Waals surface area (Å²) in [6, 6.07) is 9.26. The van der Waals surface area contributed by atoms with Gasteiger partial charge in [0.05, 0.1) is 18.6 Å². The SMILES string of the molecule is COc1ccc(/C=C2\NC(=O)N(Cc3ccccc3F)C2=O)cc1[N+](=O)[O-]. The lowest BCUT2D eigenvalue weighted by molar-refractivity contribution is -0.385. The number of carbonyl (C=O) groups excluding carboxylic acids is 2. The summed E-state index contributed by atoms with van der Waals surface area (Å²) in [7, 11) is 1.31. The van der Waals surface area contributed by atoms with Gasteiger partial charge < -0.3 is 10.1 Å². The second-order valence-electron chi connectivity index (χ2n) is 5.66. The molecule has 0 aliphatic carbocycles. The maximum absolute atomic E-state index is 13.8. The second-order valence-corrected chi connectivity index (χ2v) is 5.66. The van der Waals surface area contributed by atoms with Gasteiger partial charge >= 0.3 is 11.7 Å². The second kappa shape index (κ2) is 7.24. The Morgan fingerprint density at radius 3 is 2.67 bits per heavy atom. The number of hydrogen-bond acceptors (Lipinski definition) is 5. The number of nitrogens with zero attached hydrogens (tertiary/aromatic N) is 2. The molecule has 2 aromatic rings. The minimum Gasteiger partial charge on any atom is -0.490 e. The first-order valence-electron chi connectivity index (χ1n) is 7.81. The van der Waals surface area contributed by atoms with Crippen LogP contribution in [-0.2, 0) is 11.3 Å². The van der Waals surface area contributed by atoms with Gasteiger partial charge in [0.25, 0.3) is 5.91 Å². The third kappa shape index (κ3) is 3.61. The van der Waals surface area contributed by atoms with Gasteiger partial charge in [-0.25, -0.2) is 9.18 Å². The Hall–Kier alpha value is -3.75. The highest BCUT2D eigenvalue weighted by Gasteiger charge is 2.34. The molecule has 1 saturated heterocycles. The lowest BCUT2D eigenvalue weighted by atomic mass is 10.1. The van der Waals surface area contributed by atoms with Crippen molar-refractivity contribution < 1.29 is 23.6 Å². The molecule has 8 nitrogen and oxygen atoms in total. The van der Waals surface area contributed by atoms with Gasteiger partial charge in [-0.2, -0.15) is 0 Å². The number of methoxy groups -OCH3 is 1. The van der Waals surface area contributed by atoms with Crippen LogP contribution in [0.5, 0.6) is 5.75 Å². The maximum Gasteiger partial charge on any atom is 0.329 e. The van der Waals surface area contributed by atoms with Gasteiger partial charge in [0.2, 0.25) is 0 Å². The minimum atomic E-state index is -0.697. The van der Waals surface area contributed by atoms with E-state index in [1.54, 1.807) is 6.07 Å². The molecule has 0 radical (unpaired) electrons. The van der Waals surface area contributed by atoms with Crippen molar-refractivity contribution in [2.24, 2.45) is 0 Å². The number of hydrogen-bond donors (Lipinski definition) is 1. The lowest BCUT2D eigenvalue weighted by Gasteiger charge is -2.12. The Morgan fingerprint density at radius 1 is 1.26 bits per heavy atom. The number of imide groups is 1. The smallest absolute Gasteiger partial charge is 0.329 e. The molecule has 1 N–H and O–H groups in total. The fourth-order valence-electron chi connectivity index (χ4n) is 2.62. The van der Waals surface area contributed by atoms with E-state index >= 15 is 0 Å². The van der Waals surface area contributed by atoms with E-state index in [2.05, 4.69) is 5.32 Å². The van der Waals surface area contributed by atoms with Crippen LogP contribution in [0, 0.1) is 15.9 Å². The van der Waals surface area contributed by atoms with Crippen LogP contribution in [0.25, 0.3) is 6.08 Å². The molecule has 0 saturated carbocycles. The van der Waals surface area contributed by atoms with Gasteiger partial charge in [0, 0.05) is 11.6 Å². The molecule has 3 rings (SSSR count). The molecule has 0 spiro atoms. The molecule has 0 atom stereocenters. The summed E-state index contributed by atoms with van der Waals surface area (Å²) in [4.78, 5) is 35.9. The minimum absolute atomic E-state index is 0.0594. The van der Waals surface area contributed by atoms with Crippen molar-refractivity contribution in [3.8, 4) is 5.75 Å². The van der Waals surface area contributed by atoms with Crippen LogP contribution < -0.4 is 10.1 Å². The Labute approximate surface area is 153 Å². The van der Waals surface area contributed by atoms with Gasteiger partial charge in [0.1, 0.15) is 11.5 Å². The molecule has 2 aromatic carbocycles. The molecular weight excluding hydrogens is 357 g/mol. The van der Waals surface area contributed by atoms with Crippen molar-refractivity contribution in [2.45, 2.75) is 6.54 Å². The molecule has 138 valence electrons. The van der Waals surface area contributed by atoms with Crippen molar-refractivity contribution in [3.05, 3.63) is 75.2 Å². The van der Waals surface area contributed by atoms with Crippen molar-refractivity contribution in [1.82, 2.24) is 10.2 Å². The zero-order valence-corrected chi connectivity index (χ0v) is 14.1. The summed E-state index contributed by atoms with van der Waals surface area (Å²) in [6.07, 6.45) is 1.31. The number of amides is 3. The third-order valence-corrected chi connectivity index (χ3v) is 3.96. The standard InChI is InChI=1S/C18H14FN3O5/c1-27-16-7-6-11(9-15(16)22(25)26)8-14-17(23)21(18(24)20-14)10-12-4-2-3-5-13(12)19/h2-9H,10H2,1H3,(H,20,24)/b14-8-. The number of carbonyl (C=O) groups is 2. The van der Waals surface area contributed by atoms with Crippen LogP contribution in [-0.4, -0.2) is 28.9 Å². The first-order chi connectivity index (χ1) is 12.9. The molecule has 1 fully saturated rings. The molecular formula is C18H14FN3O5. The number of urea groups is 1. The van der Waals surface area contributed by atoms with Crippen molar-refractivity contribution in [3.63, 3.8) is 0 Å². The van der Waals surface area contributed by atoms with Crippen molar-refractivity contribution >= 4 is 23.7 Å². The molecule has 0 unspecified atom stereocenters. The molecule has 1 aliphatic heterocycles. The lowest BCUT2D eigenvalue weighted by Crippen LogP contribution is -2.30. The normalized spacial score (nSPS) is 15.2. The van der Waals surface area contributed by atoms with E-state index in [1.807, 2.05) is 0 Å². The number of benzene rings is 2. The van der Waals surface area contributed by atoms with Crippen LogP contribution >= 0.6 is 0 Å². The number of nitrogens with one attached hydrogen (secondary N) is 1. The molecule has 0 aromatic heterocycles.